The highest BCUT2D eigenvalue weighted by Crippen LogP contribution is 2.18. The van der Waals surface area contributed by atoms with Crippen LogP contribution < -0.4 is 4.74 Å². The first kappa shape index (κ1) is 17.7. The number of carbonyl (C=O) groups is 1. The molecule has 0 unspecified atom stereocenters. The lowest BCUT2D eigenvalue weighted by atomic mass is 10.1. The molecule has 1 fully saturated rings. The molecule has 2 heterocycles. The molecule has 0 aliphatic carbocycles. The van der Waals surface area contributed by atoms with Crippen LogP contribution in [0.1, 0.15) is 37.0 Å². The van der Waals surface area contributed by atoms with Gasteiger partial charge in [-0.2, -0.15) is 0 Å². The summed E-state index contributed by atoms with van der Waals surface area (Å²) in [5, 5.41) is 0. The van der Waals surface area contributed by atoms with E-state index in [1.807, 2.05) is 18.7 Å². The molecule has 1 saturated heterocycles. The van der Waals surface area contributed by atoms with Gasteiger partial charge in [0.25, 0.3) is 5.91 Å². The number of aromatic nitrogens is 1. The highest BCUT2D eigenvalue weighted by molar-refractivity contribution is 5.94. The SMILES string of the molecule is CC[C@@H](C)Oc1cc(C(=O)N2CCOC[C@H]2CCOC)ccn1. The highest BCUT2D eigenvalue weighted by atomic mass is 16.5. The van der Waals surface area contributed by atoms with Crippen molar-refractivity contribution in [2.45, 2.75) is 38.8 Å². The fourth-order valence-corrected chi connectivity index (χ4v) is 2.48. The average Bonchev–Trinajstić information content (AvgIpc) is 2.59. The lowest BCUT2D eigenvalue weighted by molar-refractivity contribution is -0.0104. The normalized spacial score (nSPS) is 19.4. The van der Waals surface area contributed by atoms with Gasteiger partial charge in [0.2, 0.25) is 5.88 Å². The molecule has 23 heavy (non-hydrogen) atoms. The minimum Gasteiger partial charge on any atom is -0.475 e. The number of rotatable bonds is 7. The minimum atomic E-state index is -0.00851. The number of ether oxygens (including phenoxy) is 3. The van der Waals surface area contributed by atoms with Crippen molar-refractivity contribution < 1.29 is 19.0 Å². The second kappa shape index (κ2) is 8.84. The van der Waals surface area contributed by atoms with Crippen LogP contribution in [0.15, 0.2) is 18.3 Å². The summed E-state index contributed by atoms with van der Waals surface area (Å²) in [6.07, 6.45) is 3.35. The van der Waals surface area contributed by atoms with Crippen molar-refractivity contribution in [2.75, 3.05) is 33.5 Å². The second-order valence-electron chi connectivity index (χ2n) is 5.73. The molecule has 0 aromatic carbocycles. The Morgan fingerprint density at radius 1 is 1.57 bits per heavy atom. The molecule has 1 aliphatic heterocycles. The molecule has 1 aliphatic rings. The molecule has 0 N–H and O–H groups in total. The van der Waals surface area contributed by atoms with Crippen LogP contribution in [0.2, 0.25) is 0 Å². The molecule has 128 valence electrons. The van der Waals surface area contributed by atoms with Crippen molar-refractivity contribution in [1.82, 2.24) is 9.88 Å². The van der Waals surface area contributed by atoms with Crippen LogP contribution in [0.3, 0.4) is 0 Å². The minimum absolute atomic E-state index is 0.00851. The Morgan fingerprint density at radius 2 is 2.39 bits per heavy atom. The van der Waals surface area contributed by atoms with E-state index >= 15 is 0 Å². The summed E-state index contributed by atoms with van der Waals surface area (Å²) in [5.41, 5.74) is 0.600. The van der Waals surface area contributed by atoms with E-state index in [0.29, 0.717) is 37.8 Å². The Labute approximate surface area is 137 Å². The quantitative estimate of drug-likeness (QED) is 0.770. The lowest BCUT2D eigenvalue weighted by Gasteiger charge is -2.35. The first-order valence-electron chi connectivity index (χ1n) is 8.16. The van der Waals surface area contributed by atoms with Gasteiger partial charge in [-0.05, 0) is 25.8 Å². The van der Waals surface area contributed by atoms with Crippen LogP contribution in [0.25, 0.3) is 0 Å². The number of nitrogens with zero attached hydrogens (tertiary/aromatic N) is 2. The standard InChI is InChI=1S/C17H26N2O4/c1-4-13(2)23-16-11-14(5-7-18-16)17(20)19-8-10-22-12-15(19)6-9-21-3/h5,7,11,13,15H,4,6,8-10,12H2,1-3H3/t13-,15-/m1/s1. The van der Waals surface area contributed by atoms with Gasteiger partial charge in [0, 0.05) is 38.1 Å². The molecular formula is C17H26N2O4. The predicted molar refractivity (Wildman–Crippen MR) is 86.8 cm³/mol. The predicted octanol–water partition coefficient (Wildman–Crippen LogP) is 2.14. The molecule has 6 nitrogen and oxygen atoms in total. The molecule has 2 rings (SSSR count). The summed E-state index contributed by atoms with van der Waals surface area (Å²) in [5.74, 6) is 0.484. The van der Waals surface area contributed by atoms with Crippen molar-refractivity contribution in [3.8, 4) is 5.88 Å². The Kier molecular flexibility index (Phi) is 6.80. The zero-order valence-corrected chi connectivity index (χ0v) is 14.2. The number of amides is 1. The number of carbonyl (C=O) groups excluding carboxylic acids is 1. The van der Waals surface area contributed by atoms with Gasteiger partial charge < -0.3 is 19.1 Å². The Hall–Kier alpha value is -1.66. The van der Waals surface area contributed by atoms with E-state index in [2.05, 4.69) is 4.98 Å². The van der Waals surface area contributed by atoms with Crippen LogP contribution >= 0.6 is 0 Å². The van der Waals surface area contributed by atoms with Gasteiger partial charge in [-0.15, -0.1) is 0 Å². The highest BCUT2D eigenvalue weighted by Gasteiger charge is 2.28. The van der Waals surface area contributed by atoms with Gasteiger partial charge in [0.1, 0.15) is 0 Å². The molecule has 0 saturated carbocycles. The average molecular weight is 322 g/mol. The zero-order valence-electron chi connectivity index (χ0n) is 14.2. The fourth-order valence-electron chi connectivity index (χ4n) is 2.48. The molecule has 1 aromatic heterocycles. The molecule has 1 aromatic rings. The maximum Gasteiger partial charge on any atom is 0.254 e. The Morgan fingerprint density at radius 3 is 3.13 bits per heavy atom. The van der Waals surface area contributed by atoms with Gasteiger partial charge in [-0.25, -0.2) is 4.98 Å². The van der Waals surface area contributed by atoms with E-state index in [4.69, 9.17) is 14.2 Å². The van der Waals surface area contributed by atoms with Crippen molar-refractivity contribution in [3.05, 3.63) is 23.9 Å². The third kappa shape index (κ3) is 4.91. The van der Waals surface area contributed by atoms with Crippen molar-refractivity contribution in [3.63, 3.8) is 0 Å². The van der Waals surface area contributed by atoms with E-state index in [9.17, 15) is 4.79 Å². The number of morpholine rings is 1. The maximum absolute atomic E-state index is 12.8. The molecule has 2 atom stereocenters. The summed E-state index contributed by atoms with van der Waals surface area (Å²) in [4.78, 5) is 18.9. The zero-order chi connectivity index (χ0) is 16.7. The van der Waals surface area contributed by atoms with Crippen molar-refractivity contribution >= 4 is 5.91 Å². The molecule has 1 amide bonds. The maximum atomic E-state index is 12.8. The summed E-state index contributed by atoms with van der Waals surface area (Å²) in [6, 6.07) is 3.50. The monoisotopic (exact) mass is 322 g/mol. The summed E-state index contributed by atoms with van der Waals surface area (Å²) >= 11 is 0. The largest absolute Gasteiger partial charge is 0.475 e. The van der Waals surface area contributed by atoms with E-state index in [0.717, 1.165) is 12.8 Å². The van der Waals surface area contributed by atoms with Gasteiger partial charge >= 0.3 is 0 Å². The van der Waals surface area contributed by atoms with Crippen molar-refractivity contribution in [2.24, 2.45) is 0 Å². The molecule has 6 heteroatoms. The Balaban J connectivity index is 2.09. The third-order valence-corrected chi connectivity index (χ3v) is 4.02. The van der Waals surface area contributed by atoms with Crippen molar-refractivity contribution in [1.29, 1.82) is 0 Å². The topological polar surface area (TPSA) is 60.9 Å². The number of hydrogen-bond donors (Lipinski definition) is 0. The van der Waals surface area contributed by atoms with Gasteiger partial charge in [-0.3, -0.25) is 4.79 Å². The molecule has 0 spiro atoms. The second-order valence-corrected chi connectivity index (χ2v) is 5.73. The van der Waals surface area contributed by atoms with Gasteiger partial charge in [0.15, 0.2) is 0 Å². The fraction of sp³-hybridized carbons (Fsp3) is 0.647. The number of pyridine rings is 1. The van der Waals surface area contributed by atoms with Crippen LogP contribution in [0, 0.1) is 0 Å². The smallest absolute Gasteiger partial charge is 0.254 e. The molecular weight excluding hydrogens is 296 g/mol. The summed E-state index contributed by atoms with van der Waals surface area (Å²) in [6.45, 7) is 6.35. The van der Waals surface area contributed by atoms with E-state index in [1.54, 1.807) is 25.4 Å². The molecule has 0 bridgehead atoms. The van der Waals surface area contributed by atoms with Crippen LogP contribution in [-0.4, -0.2) is 61.4 Å². The van der Waals surface area contributed by atoms with Crippen LogP contribution in [0.4, 0.5) is 0 Å². The van der Waals surface area contributed by atoms with Gasteiger partial charge in [0.05, 0.1) is 25.4 Å². The molecule has 0 radical (unpaired) electrons. The number of methoxy groups -OCH3 is 1. The summed E-state index contributed by atoms with van der Waals surface area (Å²) < 4.78 is 16.3. The van der Waals surface area contributed by atoms with Crippen LogP contribution in [-0.2, 0) is 9.47 Å². The first-order chi connectivity index (χ1) is 11.2. The lowest BCUT2D eigenvalue weighted by Crippen LogP contribution is -2.49. The first-order valence-corrected chi connectivity index (χ1v) is 8.16. The summed E-state index contributed by atoms with van der Waals surface area (Å²) in [7, 11) is 1.66. The van der Waals surface area contributed by atoms with E-state index in [1.165, 1.54) is 0 Å². The van der Waals surface area contributed by atoms with Gasteiger partial charge in [-0.1, -0.05) is 6.92 Å². The number of hydrogen-bond acceptors (Lipinski definition) is 5. The van der Waals surface area contributed by atoms with E-state index in [-0.39, 0.29) is 18.1 Å². The van der Waals surface area contributed by atoms with Crippen LogP contribution in [0.5, 0.6) is 5.88 Å². The third-order valence-electron chi connectivity index (χ3n) is 4.02. The van der Waals surface area contributed by atoms with E-state index < -0.39 is 0 Å². The Bertz CT molecular complexity index is 509.